The number of hydrogen-bond acceptors (Lipinski definition) is 4. The Morgan fingerprint density at radius 1 is 1.62 bits per heavy atom. The van der Waals surface area contributed by atoms with E-state index in [1.165, 1.54) is 19.4 Å². The summed E-state index contributed by atoms with van der Waals surface area (Å²) in [5, 5.41) is 3.43. The van der Waals surface area contributed by atoms with Crippen molar-refractivity contribution in [3.63, 3.8) is 0 Å². The van der Waals surface area contributed by atoms with Gasteiger partial charge in [-0.3, -0.25) is 0 Å². The van der Waals surface area contributed by atoms with Crippen LogP contribution in [0.2, 0.25) is 0 Å². The highest BCUT2D eigenvalue weighted by Gasteiger charge is 2.20. The Morgan fingerprint density at radius 2 is 2.50 bits per heavy atom. The van der Waals surface area contributed by atoms with Gasteiger partial charge in [0.05, 0.1) is 7.11 Å². The monoisotopic (exact) mass is 221 g/mol. The van der Waals surface area contributed by atoms with E-state index in [9.17, 15) is 0 Å². The number of ether oxygens (including phenoxy) is 1. The van der Waals surface area contributed by atoms with E-state index in [4.69, 9.17) is 4.74 Å². The predicted molar refractivity (Wildman–Crippen MR) is 64.9 cm³/mol. The molecule has 1 N–H and O–H groups in total. The molecule has 1 atom stereocenters. The molecule has 0 spiro atoms. The molecule has 2 heterocycles. The molecular weight excluding hydrogens is 202 g/mol. The molecule has 2 rings (SSSR count). The number of rotatable bonds is 4. The van der Waals surface area contributed by atoms with Crippen LogP contribution in [-0.4, -0.2) is 43.2 Å². The first-order valence-electron chi connectivity index (χ1n) is 5.74. The quantitative estimate of drug-likeness (QED) is 0.838. The van der Waals surface area contributed by atoms with Crippen LogP contribution < -0.4 is 10.1 Å². The Morgan fingerprint density at radius 3 is 3.19 bits per heavy atom. The van der Waals surface area contributed by atoms with E-state index in [0.717, 1.165) is 12.2 Å². The van der Waals surface area contributed by atoms with Gasteiger partial charge < -0.3 is 15.0 Å². The lowest BCUT2D eigenvalue weighted by Crippen LogP contribution is -2.31. The Balaban J connectivity index is 1.88. The van der Waals surface area contributed by atoms with Gasteiger partial charge in [0, 0.05) is 30.5 Å². The van der Waals surface area contributed by atoms with Gasteiger partial charge in [-0.15, -0.1) is 0 Å². The summed E-state index contributed by atoms with van der Waals surface area (Å²) >= 11 is 0. The van der Waals surface area contributed by atoms with Gasteiger partial charge in [-0.1, -0.05) is 0 Å². The Hall–Kier alpha value is -1.29. The van der Waals surface area contributed by atoms with Crippen molar-refractivity contribution < 1.29 is 4.74 Å². The first-order valence-corrected chi connectivity index (χ1v) is 5.74. The molecule has 1 aliphatic rings. The summed E-state index contributed by atoms with van der Waals surface area (Å²) in [7, 11) is 3.82. The molecule has 1 aromatic rings. The van der Waals surface area contributed by atoms with E-state index < -0.39 is 0 Å². The molecule has 0 aromatic carbocycles. The highest BCUT2D eigenvalue weighted by Crippen LogP contribution is 2.17. The van der Waals surface area contributed by atoms with Gasteiger partial charge in [0.2, 0.25) is 5.88 Å². The van der Waals surface area contributed by atoms with Gasteiger partial charge in [0.15, 0.2) is 0 Å². The van der Waals surface area contributed by atoms with E-state index in [1.54, 1.807) is 13.3 Å². The maximum absolute atomic E-state index is 5.09. The van der Waals surface area contributed by atoms with Gasteiger partial charge in [-0.2, -0.15) is 0 Å². The first kappa shape index (κ1) is 11.2. The second-order valence-corrected chi connectivity index (χ2v) is 4.24. The van der Waals surface area contributed by atoms with Crippen LogP contribution in [0.4, 0.5) is 5.69 Å². The second kappa shape index (κ2) is 5.16. The molecule has 0 bridgehead atoms. The number of likely N-dealkylation sites (N-methyl/N-ethyl adjacent to an activating group) is 1. The minimum atomic E-state index is 0.652. The SMILES string of the molecule is COc1cc(NCC2CCCN2C)ccn1. The number of hydrogen-bond donors (Lipinski definition) is 1. The van der Waals surface area contributed by atoms with Crippen LogP contribution in [0.25, 0.3) is 0 Å². The minimum absolute atomic E-state index is 0.652. The zero-order chi connectivity index (χ0) is 11.4. The third kappa shape index (κ3) is 2.64. The Bertz CT molecular complexity index is 343. The number of pyridine rings is 1. The molecule has 1 aromatic heterocycles. The van der Waals surface area contributed by atoms with Crippen molar-refractivity contribution in [3.8, 4) is 5.88 Å². The van der Waals surface area contributed by atoms with Crippen LogP contribution in [0.5, 0.6) is 5.88 Å². The van der Waals surface area contributed by atoms with Crippen LogP contribution in [0.3, 0.4) is 0 Å². The topological polar surface area (TPSA) is 37.4 Å². The average molecular weight is 221 g/mol. The van der Waals surface area contributed by atoms with Crippen LogP contribution in [0, 0.1) is 0 Å². The standard InChI is InChI=1S/C12H19N3O/c1-15-7-3-4-11(15)9-14-10-5-6-13-12(8-10)16-2/h5-6,8,11H,3-4,7,9H2,1-2H3,(H,13,14). The summed E-state index contributed by atoms with van der Waals surface area (Å²) in [4.78, 5) is 6.49. The van der Waals surface area contributed by atoms with Gasteiger partial charge in [0.1, 0.15) is 0 Å². The van der Waals surface area contributed by atoms with E-state index in [1.807, 2.05) is 12.1 Å². The molecule has 88 valence electrons. The normalized spacial score (nSPS) is 21.0. The molecule has 4 heteroatoms. The molecular formula is C12H19N3O. The van der Waals surface area contributed by atoms with E-state index >= 15 is 0 Å². The molecule has 0 radical (unpaired) electrons. The number of anilines is 1. The van der Waals surface area contributed by atoms with Crippen molar-refractivity contribution in [2.24, 2.45) is 0 Å². The summed E-state index contributed by atoms with van der Waals surface area (Å²) in [6, 6.07) is 4.55. The van der Waals surface area contributed by atoms with Crippen LogP contribution >= 0.6 is 0 Å². The maximum Gasteiger partial charge on any atom is 0.214 e. The number of methoxy groups -OCH3 is 1. The third-order valence-electron chi connectivity index (χ3n) is 3.16. The van der Waals surface area contributed by atoms with Crippen LogP contribution in [-0.2, 0) is 0 Å². The lowest BCUT2D eigenvalue weighted by atomic mass is 10.2. The van der Waals surface area contributed by atoms with Crippen LogP contribution in [0.15, 0.2) is 18.3 Å². The molecule has 0 saturated carbocycles. The zero-order valence-electron chi connectivity index (χ0n) is 9.94. The fourth-order valence-corrected chi connectivity index (χ4v) is 2.10. The zero-order valence-corrected chi connectivity index (χ0v) is 9.94. The number of nitrogens with zero attached hydrogens (tertiary/aromatic N) is 2. The van der Waals surface area contributed by atoms with Crippen molar-refractivity contribution in [1.82, 2.24) is 9.88 Å². The third-order valence-corrected chi connectivity index (χ3v) is 3.16. The predicted octanol–water partition coefficient (Wildman–Crippen LogP) is 1.60. The summed E-state index contributed by atoms with van der Waals surface area (Å²) in [5.41, 5.74) is 1.08. The van der Waals surface area contributed by atoms with E-state index in [2.05, 4.69) is 22.2 Å². The number of aromatic nitrogens is 1. The molecule has 1 saturated heterocycles. The summed E-state index contributed by atoms with van der Waals surface area (Å²) in [6.07, 6.45) is 4.35. The second-order valence-electron chi connectivity index (χ2n) is 4.24. The highest BCUT2D eigenvalue weighted by molar-refractivity contribution is 5.45. The Labute approximate surface area is 96.6 Å². The summed E-state index contributed by atoms with van der Waals surface area (Å²) in [5.74, 6) is 0.657. The van der Waals surface area contributed by atoms with Crippen molar-refractivity contribution in [1.29, 1.82) is 0 Å². The highest BCUT2D eigenvalue weighted by atomic mass is 16.5. The largest absolute Gasteiger partial charge is 0.481 e. The van der Waals surface area contributed by atoms with E-state index in [0.29, 0.717) is 11.9 Å². The molecule has 1 aliphatic heterocycles. The average Bonchev–Trinajstić information content (AvgIpc) is 2.72. The van der Waals surface area contributed by atoms with E-state index in [-0.39, 0.29) is 0 Å². The first-order chi connectivity index (χ1) is 7.79. The fraction of sp³-hybridized carbons (Fsp3) is 0.583. The Kier molecular flexibility index (Phi) is 3.62. The number of nitrogens with one attached hydrogen (secondary N) is 1. The molecule has 4 nitrogen and oxygen atoms in total. The minimum Gasteiger partial charge on any atom is -0.481 e. The summed E-state index contributed by atoms with van der Waals surface area (Å²) < 4.78 is 5.09. The van der Waals surface area contributed by atoms with Gasteiger partial charge in [-0.25, -0.2) is 4.98 Å². The van der Waals surface area contributed by atoms with Gasteiger partial charge in [0.25, 0.3) is 0 Å². The smallest absolute Gasteiger partial charge is 0.214 e. The molecule has 1 unspecified atom stereocenters. The molecule has 16 heavy (non-hydrogen) atoms. The maximum atomic E-state index is 5.09. The lowest BCUT2D eigenvalue weighted by Gasteiger charge is -2.20. The number of likely N-dealkylation sites (tertiary alicyclic amines) is 1. The van der Waals surface area contributed by atoms with Gasteiger partial charge in [-0.05, 0) is 32.5 Å². The molecule has 0 aliphatic carbocycles. The lowest BCUT2D eigenvalue weighted by molar-refractivity contribution is 0.322. The summed E-state index contributed by atoms with van der Waals surface area (Å²) in [6.45, 7) is 2.20. The molecule has 1 fully saturated rings. The van der Waals surface area contributed by atoms with Gasteiger partial charge >= 0.3 is 0 Å². The molecule has 0 amide bonds. The van der Waals surface area contributed by atoms with Crippen LogP contribution in [0.1, 0.15) is 12.8 Å². The van der Waals surface area contributed by atoms with Crippen molar-refractivity contribution in [2.45, 2.75) is 18.9 Å². The fourth-order valence-electron chi connectivity index (χ4n) is 2.10. The van der Waals surface area contributed by atoms with Crippen molar-refractivity contribution in [3.05, 3.63) is 18.3 Å². The van der Waals surface area contributed by atoms with Crippen molar-refractivity contribution in [2.75, 3.05) is 32.6 Å². The van der Waals surface area contributed by atoms with Crippen molar-refractivity contribution >= 4 is 5.69 Å².